The van der Waals surface area contributed by atoms with E-state index in [1.165, 1.54) is 24.3 Å². The number of nitrogens with one attached hydrogen (secondary N) is 1. The number of alkyl halides is 2. The Kier molecular flexibility index (Phi) is 5.79. The first-order valence-corrected chi connectivity index (χ1v) is 8.99. The van der Waals surface area contributed by atoms with Crippen molar-refractivity contribution < 1.29 is 18.3 Å². The second-order valence-electron chi connectivity index (χ2n) is 5.19. The Balaban J connectivity index is 1.82. The fraction of sp³-hybridized carbons (Fsp3) is 0.0588. The number of nitrogen functional groups attached to an aromatic ring is 1. The molecule has 0 saturated carbocycles. The van der Waals surface area contributed by atoms with Gasteiger partial charge in [0.25, 0.3) is 0 Å². The summed E-state index contributed by atoms with van der Waals surface area (Å²) < 4.78 is 28.7. The highest BCUT2D eigenvalue weighted by Gasteiger charge is 2.19. The van der Waals surface area contributed by atoms with Gasteiger partial charge in [-0.15, -0.1) is 0 Å². The molecule has 5 nitrogen and oxygen atoms in total. The van der Waals surface area contributed by atoms with Crippen molar-refractivity contribution in [1.29, 1.82) is 0 Å². The lowest BCUT2D eigenvalue weighted by atomic mass is 10.1. The zero-order chi connectivity index (χ0) is 19.6. The van der Waals surface area contributed by atoms with Crippen molar-refractivity contribution in [3.8, 4) is 5.75 Å². The lowest BCUT2D eigenvalue weighted by Crippen LogP contribution is -2.04. The second kappa shape index (κ2) is 8.08. The van der Waals surface area contributed by atoms with E-state index in [4.69, 9.17) is 28.9 Å². The van der Waals surface area contributed by atoms with Crippen molar-refractivity contribution in [3.05, 3.63) is 63.0 Å². The number of ketones is 1. The molecule has 0 saturated heterocycles. The lowest BCUT2D eigenvalue weighted by molar-refractivity contribution is -0.0498. The van der Waals surface area contributed by atoms with Gasteiger partial charge < -0.3 is 15.8 Å². The zero-order valence-electron chi connectivity index (χ0n) is 13.4. The zero-order valence-corrected chi connectivity index (χ0v) is 15.7. The van der Waals surface area contributed by atoms with Crippen molar-refractivity contribution in [2.24, 2.45) is 0 Å². The molecule has 0 fully saturated rings. The molecule has 0 amide bonds. The number of nitrogens with two attached hydrogens (primary N) is 1. The first-order valence-electron chi connectivity index (χ1n) is 7.42. The van der Waals surface area contributed by atoms with E-state index in [0.29, 0.717) is 20.9 Å². The Hall–Kier alpha value is -2.42. The van der Waals surface area contributed by atoms with E-state index in [1.54, 1.807) is 18.2 Å². The van der Waals surface area contributed by atoms with E-state index in [0.717, 1.165) is 11.3 Å². The first kappa shape index (κ1) is 19.3. The van der Waals surface area contributed by atoms with Gasteiger partial charge in [-0.1, -0.05) is 40.6 Å². The first-order chi connectivity index (χ1) is 12.8. The third kappa shape index (κ3) is 4.47. The molecule has 3 rings (SSSR count). The highest BCUT2D eigenvalue weighted by atomic mass is 35.5. The fourth-order valence-corrected chi connectivity index (χ4v) is 3.53. The molecule has 0 unspecified atom stereocenters. The molecular formula is C17H11Cl2F2N3O2S. The topological polar surface area (TPSA) is 77.2 Å². The minimum absolute atomic E-state index is 0.0311. The summed E-state index contributed by atoms with van der Waals surface area (Å²) in [5.74, 6) is -0.412. The average Bonchev–Trinajstić information content (AvgIpc) is 2.98. The minimum atomic E-state index is -2.94. The number of carbonyl (C=O) groups is 1. The Morgan fingerprint density at radius 1 is 1.15 bits per heavy atom. The molecule has 140 valence electrons. The summed E-state index contributed by atoms with van der Waals surface area (Å²) in [5.41, 5.74) is 6.56. The molecule has 10 heteroatoms. The molecule has 0 aliphatic carbocycles. The maximum atomic E-state index is 12.6. The smallest absolute Gasteiger partial charge is 0.387 e. The maximum Gasteiger partial charge on any atom is 0.387 e. The summed E-state index contributed by atoms with van der Waals surface area (Å²) in [5, 5.41) is 4.06. The molecule has 3 aromatic rings. The van der Waals surface area contributed by atoms with Gasteiger partial charge in [-0.25, -0.2) is 4.98 Å². The van der Waals surface area contributed by atoms with Gasteiger partial charge in [-0.3, -0.25) is 4.79 Å². The fourth-order valence-electron chi connectivity index (χ4n) is 2.19. The van der Waals surface area contributed by atoms with E-state index < -0.39 is 12.4 Å². The van der Waals surface area contributed by atoms with Crippen molar-refractivity contribution in [2.75, 3.05) is 11.1 Å². The molecule has 3 N–H and O–H groups in total. The average molecular weight is 430 g/mol. The minimum Gasteiger partial charge on any atom is -0.435 e. The van der Waals surface area contributed by atoms with Crippen LogP contribution in [-0.4, -0.2) is 17.4 Å². The van der Waals surface area contributed by atoms with Crippen molar-refractivity contribution in [1.82, 2.24) is 4.98 Å². The number of hydrogen-bond donors (Lipinski definition) is 2. The SMILES string of the molecule is Nc1nc(Nc2c(Cl)cccc2Cl)sc1C(=O)c1ccc(OC(F)F)cc1. The number of hydrogen-bond acceptors (Lipinski definition) is 6. The van der Waals surface area contributed by atoms with Gasteiger partial charge in [0.05, 0.1) is 15.7 Å². The standard InChI is InChI=1S/C17H11Cl2F2N3O2S/c18-10-2-1-3-11(19)12(10)23-17-24-15(22)14(27-17)13(25)8-4-6-9(7-5-8)26-16(20)21/h1-7,16H,22H2,(H,23,24). The van der Waals surface area contributed by atoms with Crippen LogP contribution >= 0.6 is 34.5 Å². The van der Waals surface area contributed by atoms with E-state index in [9.17, 15) is 13.6 Å². The summed E-state index contributed by atoms with van der Waals surface area (Å²) in [6.07, 6.45) is 0. The van der Waals surface area contributed by atoms with Gasteiger partial charge >= 0.3 is 6.61 Å². The van der Waals surface area contributed by atoms with E-state index in [-0.39, 0.29) is 22.0 Å². The normalized spacial score (nSPS) is 10.9. The summed E-state index contributed by atoms with van der Waals surface area (Å²) in [7, 11) is 0. The van der Waals surface area contributed by atoms with E-state index in [2.05, 4.69) is 15.0 Å². The van der Waals surface area contributed by atoms with Crippen LogP contribution in [0.15, 0.2) is 42.5 Å². The van der Waals surface area contributed by atoms with Crippen LogP contribution in [0.2, 0.25) is 10.0 Å². The summed E-state index contributed by atoms with van der Waals surface area (Å²) >= 11 is 13.2. The number of aromatic nitrogens is 1. The summed E-state index contributed by atoms with van der Waals surface area (Å²) in [4.78, 5) is 16.9. The largest absolute Gasteiger partial charge is 0.435 e. The molecule has 27 heavy (non-hydrogen) atoms. The monoisotopic (exact) mass is 429 g/mol. The number of benzene rings is 2. The quantitative estimate of drug-likeness (QED) is 0.498. The number of halogens is 4. The number of ether oxygens (including phenoxy) is 1. The van der Waals surface area contributed by atoms with Gasteiger partial charge in [-0.2, -0.15) is 8.78 Å². The second-order valence-corrected chi connectivity index (χ2v) is 7.00. The van der Waals surface area contributed by atoms with Gasteiger partial charge in [0.15, 0.2) is 5.13 Å². The molecule has 0 spiro atoms. The highest BCUT2D eigenvalue weighted by molar-refractivity contribution is 7.18. The van der Waals surface area contributed by atoms with Gasteiger partial charge in [0.1, 0.15) is 16.4 Å². The third-order valence-electron chi connectivity index (χ3n) is 3.40. The number of rotatable bonds is 6. The Labute approximate surface area is 166 Å². The predicted molar refractivity (Wildman–Crippen MR) is 103 cm³/mol. The molecule has 0 aliphatic rings. The van der Waals surface area contributed by atoms with Crippen molar-refractivity contribution >= 4 is 57.0 Å². The number of carbonyl (C=O) groups excluding carboxylic acids is 1. The molecule has 1 aromatic heterocycles. The van der Waals surface area contributed by atoms with Crippen LogP contribution in [0.4, 0.5) is 25.4 Å². The lowest BCUT2D eigenvalue weighted by Gasteiger charge is -2.06. The molecule has 0 bridgehead atoms. The van der Waals surface area contributed by atoms with Crippen LogP contribution in [0.3, 0.4) is 0 Å². The molecule has 0 radical (unpaired) electrons. The van der Waals surface area contributed by atoms with Gasteiger partial charge in [0.2, 0.25) is 5.78 Å². The molecule has 0 aliphatic heterocycles. The highest BCUT2D eigenvalue weighted by Crippen LogP contribution is 2.36. The van der Waals surface area contributed by atoms with Crippen LogP contribution in [0, 0.1) is 0 Å². The number of para-hydroxylation sites is 1. The number of nitrogens with zero attached hydrogens (tertiary/aromatic N) is 1. The molecule has 1 heterocycles. The van der Waals surface area contributed by atoms with Crippen LogP contribution < -0.4 is 15.8 Å². The van der Waals surface area contributed by atoms with Crippen molar-refractivity contribution in [2.45, 2.75) is 6.61 Å². The van der Waals surface area contributed by atoms with Crippen molar-refractivity contribution in [3.63, 3.8) is 0 Å². The van der Waals surface area contributed by atoms with Crippen LogP contribution in [0.25, 0.3) is 0 Å². The molecule has 0 atom stereocenters. The Morgan fingerprint density at radius 2 is 1.78 bits per heavy atom. The summed E-state index contributed by atoms with van der Waals surface area (Å²) in [6.45, 7) is -2.94. The maximum absolute atomic E-state index is 12.6. The van der Waals surface area contributed by atoms with E-state index in [1.807, 2.05) is 0 Å². The van der Waals surface area contributed by atoms with Crippen LogP contribution in [0.5, 0.6) is 5.75 Å². The summed E-state index contributed by atoms with van der Waals surface area (Å²) in [6, 6.07) is 10.3. The Bertz CT molecular complexity index is 961. The number of thiazole rings is 1. The van der Waals surface area contributed by atoms with Crippen LogP contribution in [-0.2, 0) is 0 Å². The van der Waals surface area contributed by atoms with Gasteiger partial charge in [-0.05, 0) is 36.4 Å². The van der Waals surface area contributed by atoms with E-state index >= 15 is 0 Å². The Morgan fingerprint density at radius 3 is 2.37 bits per heavy atom. The van der Waals surface area contributed by atoms with Crippen LogP contribution in [0.1, 0.15) is 15.2 Å². The number of anilines is 3. The third-order valence-corrected chi connectivity index (χ3v) is 5.01. The predicted octanol–water partition coefficient (Wildman–Crippen LogP) is 5.61. The van der Waals surface area contributed by atoms with Gasteiger partial charge in [0, 0.05) is 5.56 Å². The molecular weight excluding hydrogens is 419 g/mol. The molecule has 2 aromatic carbocycles.